The number of amides is 2. The van der Waals surface area contributed by atoms with Crippen molar-refractivity contribution in [3.63, 3.8) is 0 Å². The molecule has 6 nitrogen and oxygen atoms in total. The van der Waals surface area contributed by atoms with Crippen molar-refractivity contribution in [2.24, 2.45) is 0 Å². The van der Waals surface area contributed by atoms with Crippen molar-refractivity contribution in [1.29, 1.82) is 0 Å². The second kappa shape index (κ2) is 11.0. The van der Waals surface area contributed by atoms with Crippen LogP contribution in [-0.4, -0.2) is 55.5 Å². The van der Waals surface area contributed by atoms with E-state index in [1.54, 1.807) is 12.1 Å². The van der Waals surface area contributed by atoms with Crippen LogP contribution in [0.1, 0.15) is 39.0 Å². The first-order valence-corrected chi connectivity index (χ1v) is 12.3. The van der Waals surface area contributed by atoms with Gasteiger partial charge >= 0.3 is 0 Å². The molecule has 0 aromatic heterocycles. The summed E-state index contributed by atoms with van der Waals surface area (Å²) in [6.45, 7) is 5.97. The molecule has 7 heteroatoms. The predicted octanol–water partition coefficient (Wildman–Crippen LogP) is 4.75. The van der Waals surface area contributed by atoms with Gasteiger partial charge in [0.15, 0.2) is 0 Å². The Balaban J connectivity index is 1.32. The summed E-state index contributed by atoms with van der Waals surface area (Å²) in [4.78, 5) is 31.7. The maximum absolute atomic E-state index is 13.2. The summed E-state index contributed by atoms with van der Waals surface area (Å²) in [5.41, 5.74) is 1.74. The maximum Gasteiger partial charge on any atom is 0.251 e. The molecule has 33 heavy (non-hydrogen) atoms. The number of carbonyl (C=O) groups is 2. The van der Waals surface area contributed by atoms with Crippen LogP contribution in [0, 0.1) is 0 Å². The van der Waals surface area contributed by atoms with Gasteiger partial charge in [-0.3, -0.25) is 14.5 Å². The van der Waals surface area contributed by atoms with Gasteiger partial charge in [0.05, 0.1) is 24.8 Å². The number of anilines is 2. The molecule has 176 valence electrons. The van der Waals surface area contributed by atoms with Crippen LogP contribution in [0.5, 0.6) is 5.75 Å². The van der Waals surface area contributed by atoms with Crippen molar-refractivity contribution in [1.82, 2.24) is 4.90 Å². The molecule has 2 aromatic carbocycles. The number of piperazine rings is 1. The molecule has 0 bridgehead atoms. The van der Waals surface area contributed by atoms with Gasteiger partial charge in [-0.15, -0.1) is 0 Å². The molecule has 2 amide bonds. The largest absolute Gasteiger partial charge is 0.494 e. The molecule has 1 unspecified atom stereocenters. The minimum Gasteiger partial charge on any atom is -0.494 e. The van der Waals surface area contributed by atoms with Gasteiger partial charge in [-0.05, 0) is 55.0 Å². The van der Waals surface area contributed by atoms with Gasteiger partial charge in [0, 0.05) is 36.9 Å². The fraction of sp³-hybridized carbons (Fsp3) is 0.462. The molecule has 2 fully saturated rings. The van der Waals surface area contributed by atoms with Crippen molar-refractivity contribution < 1.29 is 14.3 Å². The number of halogens is 1. The number of carbonyl (C=O) groups excluding carboxylic acids is 2. The molecule has 2 heterocycles. The quantitative estimate of drug-likeness (QED) is 0.391. The lowest BCUT2D eigenvalue weighted by atomic mass is 10.1. The van der Waals surface area contributed by atoms with Crippen molar-refractivity contribution in [3.8, 4) is 5.75 Å². The lowest BCUT2D eigenvalue weighted by Gasteiger charge is -2.38. The van der Waals surface area contributed by atoms with Crippen LogP contribution < -0.4 is 14.5 Å². The summed E-state index contributed by atoms with van der Waals surface area (Å²) in [5, 5.41) is 0.721. The fourth-order valence-corrected chi connectivity index (χ4v) is 4.65. The zero-order chi connectivity index (χ0) is 23.2. The van der Waals surface area contributed by atoms with E-state index in [1.807, 2.05) is 36.4 Å². The average Bonchev–Trinajstić information content (AvgIpc) is 3.14. The monoisotopic (exact) mass is 469 g/mol. The first-order valence-electron chi connectivity index (χ1n) is 11.9. The molecule has 2 aliphatic rings. The van der Waals surface area contributed by atoms with E-state index < -0.39 is 0 Å². The number of rotatable bonds is 9. The number of hydrogen-bond acceptors (Lipinski definition) is 5. The summed E-state index contributed by atoms with van der Waals surface area (Å²) >= 11 is 5.99. The molecule has 0 N–H and O–H groups in total. The lowest BCUT2D eigenvalue weighted by Crippen LogP contribution is -2.52. The van der Waals surface area contributed by atoms with E-state index in [1.165, 1.54) is 24.2 Å². The van der Waals surface area contributed by atoms with Crippen molar-refractivity contribution in [3.05, 3.63) is 53.6 Å². The smallest absolute Gasteiger partial charge is 0.251 e. The Kier molecular flexibility index (Phi) is 7.89. The second-order valence-electron chi connectivity index (χ2n) is 8.69. The second-order valence-corrected chi connectivity index (χ2v) is 9.13. The van der Waals surface area contributed by atoms with Crippen LogP contribution in [0.4, 0.5) is 11.4 Å². The standard InChI is InChI=1S/C26H32ClN3O3/c1-2-3-4-5-18-33-23-12-10-22(11-13-23)30-25(31)19-24(26(30)32)29-16-14-28(15-17-29)21-8-6-20(27)7-9-21/h6-13,24H,2-5,14-19H2,1H3. The highest BCUT2D eigenvalue weighted by atomic mass is 35.5. The maximum atomic E-state index is 13.2. The number of nitrogens with zero attached hydrogens (tertiary/aromatic N) is 3. The van der Waals surface area contributed by atoms with Gasteiger partial charge in [-0.1, -0.05) is 37.8 Å². The number of imide groups is 1. The van der Waals surface area contributed by atoms with Crippen molar-refractivity contribution >= 4 is 34.8 Å². The van der Waals surface area contributed by atoms with Crippen molar-refractivity contribution in [2.75, 3.05) is 42.6 Å². The first kappa shape index (κ1) is 23.6. The highest BCUT2D eigenvalue weighted by Crippen LogP contribution is 2.29. The van der Waals surface area contributed by atoms with Gasteiger partial charge in [0.25, 0.3) is 5.91 Å². The number of ether oxygens (including phenoxy) is 1. The Bertz CT molecular complexity index is 940. The molecular formula is C26H32ClN3O3. The Morgan fingerprint density at radius 1 is 0.879 bits per heavy atom. The average molecular weight is 470 g/mol. The number of unbranched alkanes of at least 4 members (excludes halogenated alkanes) is 3. The third kappa shape index (κ3) is 5.68. The molecule has 2 aliphatic heterocycles. The third-order valence-electron chi connectivity index (χ3n) is 6.43. The van der Waals surface area contributed by atoms with E-state index >= 15 is 0 Å². The molecule has 2 aromatic rings. The fourth-order valence-electron chi connectivity index (χ4n) is 4.53. The summed E-state index contributed by atoms with van der Waals surface area (Å²) in [6.07, 6.45) is 4.85. The topological polar surface area (TPSA) is 53.1 Å². The molecule has 1 atom stereocenters. The van der Waals surface area contributed by atoms with E-state index in [0.29, 0.717) is 12.3 Å². The van der Waals surface area contributed by atoms with Crippen LogP contribution >= 0.6 is 11.6 Å². The van der Waals surface area contributed by atoms with Crippen LogP contribution in [0.25, 0.3) is 0 Å². The summed E-state index contributed by atoms with van der Waals surface area (Å²) in [7, 11) is 0. The zero-order valence-corrected chi connectivity index (χ0v) is 20.0. The van der Waals surface area contributed by atoms with Gasteiger partial charge in [-0.2, -0.15) is 0 Å². The molecule has 0 radical (unpaired) electrons. The predicted molar refractivity (Wildman–Crippen MR) is 132 cm³/mol. The van der Waals surface area contributed by atoms with Crippen LogP contribution in [0.15, 0.2) is 48.5 Å². The Hall–Kier alpha value is -2.57. The molecule has 0 aliphatic carbocycles. The van der Waals surface area contributed by atoms with Gasteiger partial charge in [0.2, 0.25) is 5.91 Å². The molecule has 4 rings (SSSR count). The third-order valence-corrected chi connectivity index (χ3v) is 6.68. The SMILES string of the molecule is CCCCCCOc1ccc(N2C(=O)CC(N3CCN(c4ccc(Cl)cc4)CC3)C2=O)cc1. The normalized spacial score (nSPS) is 19.4. The van der Waals surface area contributed by atoms with Gasteiger partial charge < -0.3 is 9.64 Å². The summed E-state index contributed by atoms with van der Waals surface area (Å²) < 4.78 is 5.78. The van der Waals surface area contributed by atoms with Gasteiger partial charge in [0.1, 0.15) is 5.75 Å². The first-order chi connectivity index (χ1) is 16.1. The molecule has 0 saturated carbocycles. The van der Waals surface area contributed by atoms with E-state index in [2.05, 4.69) is 16.7 Å². The highest BCUT2D eigenvalue weighted by molar-refractivity contribution is 6.30. The van der Waals surface area contributed by atoms with Crippen molar-refractivity contribution in [2.45, 2.75) is 45.1 Å². The zero-order valence-electron chi connectivity index (χ0n) is 19.2. The Morgan fingerprint density at radius 3 is 2.21 bits per heavy atom. The lowest BCUT2D eigenvalue weighted by molar-refractivity contribution is -0.123. The van der Waals surface area contributed by atoms with E-state index in [9.17, 15) is 9.59 Å². The number of benzene rings is 2. The van der Waals surface area contributed by atoms with E-state index in [0.717, 1.165) is 49.1 Å². The summed E-state index contributed by atoms with van der Waals surface area (Å²) in [6, 6.07) is 14.7. The Labute approximate surface area is 201 Å². The van der Waals surface area contributed by atoms with Crippen LogP contribution in [0.3, 0.4) is 0 Å². The molecular weight excluding hydrogens is 438 g/mol. The van der Waals surface area contributed by atoms with E-state index in [4.69, 9.17) is 16.3 Å². The Morgan fingerprint density at radius 2 is 1.55 bits per heavy atom. The number of hydrogen-bond donors (Lipinski definition) is 0. The minimum atomic E-state index is -0.389. The van der Waals surface area contributed by atoms with Crippen LogP contribution in [0.2, 0.25) is 5.02 Å². The highest BCUT2D eigenvalue weighted by Gasteiger charge is 2.43. The summed E-state index contributed by atoms with van der Waals surface area (Å²) in [5.74, 6) is 0.496. The van der Waals surface area contributed by atoms with Gasteiger partial charge in [-0.25, -0.2) is 4.90 Å². The molecule has 2 saturated heterocycles. The minimum absolute atomic E-state index is 0.131. The van der Waals surface area contributed by atoms with Crippen LogP contribution in [-0.2, 0) is 9.59 Å². The molecule has 0 spiro atoms. The van der Waals surface area contributed by atoms with E-state index in [-0.39, 0.29) is 24.3 Å².